The molecule has 1 aliphatic heterocycles. The van der Waals surface area contributed by atoms with Crippen LogP contribution in [0.15, 0.2) is 18.2 Å². The van der Waals surface area contributed by atoms with Crippen molar-refractivity contribution in [3.05, 3.63) is 29.6 Å². The molecular formula is C15H22N2O2. The summed E-state index contributed by atoms with van der Waals surface area (Å²) >= 11 is 0. The first-order valence-electron chi connectivity index (χ1n) is 7.03. The van der Waals surface area contributed by atoms with Gasteiger partial charge in [0.25, 0.3) is 5.91 Å². The Morgan fingerprint density at radius 2 is 2.32 bits per heavy atom. The summed E-state index contributed by atoms with van der Waals surface area (Å²) in [5.74, 6) is 0.341. The lowest BCUT2D eigenvalue weighted by molar-refractivity contribution is 0.0509. The largest absolute Gasteiger partial charge is 0.396 e. The molecule has 0 saturated carbocycles. The molecule has 1 aromatic rings. The van der Waals surface area contributed by atoms with Gasteiger partial charge in [-0.15, -0.1) is 0 Å². The van der Waals surface area contributed by atoms with E-state index in [2.05, 4.69) is 4.98 Å². The van der Waals surface area contributed by atoms with Gasteiger partial charge in [0.15, 0.2) is 0 Å². The Bertz CT molecular complexity index is 448. The zero-order valence-electron chi connectivity index (χ0n) is 11.7. The molecule has 4 heteroatoms. The van der Waals surface area contributed by atoms with Crippen LogP contribution in [0.3, 0.4) is 0 Å². The van der Waals surface area contributed by atoms with E-state index in [1.165, 1.54) is 0 Å². The third kappa shape index (κ3) is 3.13. The maximum atomic E-state index is 12.5. The molecule has 4 nitrogen and oxygen atoms in total. The van der Waals surface area contributed by atoms with Crippen molar-refractivity contribution in [1.29, 1.82) is 0 Å². The fraction of sp³-hybridized carbons (Fsp3) is 0.600. The number of piperidine rings is 1. The molecule has 1 N–H and O–H groups in total. The highest BCUT2D eigenvalue weighted by Crippen LogP contribution is 2.23. The van der Waals surface area contributed by atoms with E-state index >= 15 is 0 Å². The van der Waals surface area contributed by atoms with Crippen LogP contribution in [-0.2, 0) is 6.42 Å². The molecule has 1 amide bonds. The molecular weight excluding hydrogens is 240 g/mol. The minimum atomic E-state index is 0.0131. The predicted molar refractivity (Wildman–Crippen MR) is 73.9 cm³/mol. The molecule has 104 valence electrons. The number of aryl methyl sites for hydroxylation is 1. The van der Waals surface area contributed by atoms with Crippen molar-refractivity contribution in [2.75, 3.05) is 13.2 Å². The average Bonchev–Trinajstić information content (AvgIpc) is 2.46. The molecule has 1 fully saturated rings. The number of hydrogen-bond donors (Lipinski definition) is 1. The number of rotatable bonds is 3. The second-order valence-corrected chi connectivity index (χ2v) is 5.29. The highest BCUT2D eigenvalue weighted by Gasteiger charge is 2.29. The number of amides is 1. The van der Waals surface area contributed by atoms with Gasteiger partial charge in [-0.25, -0.2) is 4.98 Å². The van der Waals surface area contributed by atoms with Gasteiger partial charge in [0, 0.05) is 24.9 Å². The molecule has 0 aliphatic carbocycles. The summed E-state index contributed by atoms with van der Waals surface area (Å²) in [4.78, 5) is 18.8. The van der Waals surface area contributed by atoms with Gasteiger partial charge in [0.2, 0.25) is 0 Å². The monoisotopic (exact) mass is 262 g/mol. The first-order chi connectivity index (χ1) is 9.15. The van der Waals surface area contributed by atoms with Gasteiger partial charge in [-0.05, 0) is 44.2 Å². The van der Waals surface area contributed by atoms with Crippen LogP contribution in [-0.4, -0.2) is 40.1 Å². The molecule has 2 rings (SSSR count). The second kappa shape index (κ2) is 6.15. The molecule has 0 aromatic carbocycles. The highest BCUT2D eigenvalue weighted by atomic mass is 16.3. The Labute approximate surface area is 114 Å². The van der Waals surface area contributed by atoms with Crippen molar-refractivity contribution >= 4 is 5.91 Å². The van der Waals surface area contributed by atoms with Crippen LogP contribution in [0.5, 0.6) is 0 Å². The Morgan fingerprint density at radius 3 is 2.95 bits per heavy atom. The zero-order chi connectivity index (χ0) is 13.8. The number of carbonyl (C=O) groups excluding carboxylic acids is 1. The average molecular weight is 262 g/mol. The Balaban J connectivity index is 2.11. The van der Waals surface area contributed by atoms with Crippen molar-refractivity contribution in [3.63, 3.8) is 0 Å². The first-order valence-corrected chi connectivity index (χ1v) is 7.03. The maximum Gasteiger partial charge on any atom is 0.272 e. The lowest BCUT2D eigenvalue weighted by Gasteiger charge is -2.37. The topological polar surface area (TPSA) is 53.4 Å². The van der Waals surface area contributed by atoms with Crippen LogP contribution in [0, 0.1) is 5.92 Å². The summed E-state index contributed by atoms with van der Waals surface area (Å²) in [5, 5.41) is 9.20. The van der Waals surface area contributed by atoms with E-state index in [9.17, 15) is 9.90 Å². The number of nitrogens with zero attached hydrogens (tertiary/aromatic N) is 2. The standard InChI is InChI=1S/C15H22N2O2/c1-3-13-5-4-6-14(16-13)15(19)17-8-7-12(10-18)9-11(17)2/h4-6,11-12,18H,3,7-10H2,1-2H3/t11-,12-/m0/s1. The minimum absolute atomic E-state index is 0.0131. The van der Waals surface area contributed by atoms with Gasteiger partial charge in [-0.2, -0.15) is 0 Å². The summed E-state index contributed by atoms with van der Waals surface area (Å²) in [6.07, 6.45) is 2.58. The van der Waals surface area contributed by atoms with Gasteiger partial charge >= 0.3 is 0 Å². The quantitative estimate of drug-likeness (QED) is 0.905. The smallest absolute Gasteiger partial charge is 0.272 e. The number of carbonyl (C=O) groups is 1. The van der Waals surface area contributed by atoms with E-state index < -0.39 is 0 Å². The number of aromatic nitrogens is 1. The lowest BCUT2D eigenvalue weighted by atomic mass is 9.92. The fourth-order valence-electron chi connectivity index (χ4n) is 2.68. The molecule has 0 spiro atoms. The summed E-state index contributed by atoms with van der Waals surface area (Å²) in [6, 6.07) is 5.79. The van der Waals surface area contributed by atoms with Gasteiger partial charge in [-0.1, -0.05) is 13.0 Å². The molecule has 1 aromatic heterocycles. The maximum absolute atomic E-state index is 12.5. The van der Waals surface area contributed by atoms with Crippen molar-refractivity contribution in [1.82, 2.24) is 9.88 Å². The number of likely N-dealkylation sites (tertiary alicyclic amines) is 1. The first kappa shape index (κ1) is 14.0. The Hall–Kier alpha value is -1.42. The predicted octanol–water partition coefficient (Wildman–Crippen LogP) is 1.88. The summed E-state index contributed by atoms with van der Waals surface area (Å²) < 4.78 is 0. The number of pyridine rings is 1. The van der Waals surface area contributed by atoms with E-state index in [1.807, 2.05) is 30.9 Å². The van der Waals surface area contributed by atoms with E-state index in [0.29, 0.717) is 18.2 Å². The van der Waals surface area contributed by atoms with Gasteiger partial charge < -0.3 is 10.0 Å². The third-order valence-corrected chi connectivity index (χ3v) is 3.89. The third-order valence-electron chi connectivity index (χ3n) is 3.89. The van der Waals surface area contributed by atoms with Crippen molar-refractivity contribution in [2.24, 2.45) is 5.92 Å². The lowest BCUT2D eigenvalue weighted by Crippen LogP contribution is -2.45. The zero-order valence-corrected chi connectivity index (χ0v) is 11.7. The number of hydrogen-bond acceptors (Lipinski definition) is 3. The van der Waals surface area contributed by atoms with Crippen LogP contribution in [0.4, 0.5) is 0 Å². The SMILES string of the molecule is CCc1cccc(C(=O)N2CC[C@H](CO)C[C@@H]2C)n1. The molecule has 0 radical (unpaired) electrons. The minimum Gasteiger partial charge on any atom is -0.396 e. The molecule has 1 saturated heterocycles. The van der Waals surface area contributed by atoms with Gasteiger partial charge in [-0.3, -0.25) is 4.79 Å². The number of aliphatic hydroxyl groups is 1. The van der Waals surface area contributed by atoms with E-state index in [-0.39, 0.29) is 18.6 Å². The van der Waals surface area contributed by atoms with Crippen LogP contribution in [0.1, 0.15) is 42.9 Å². The number of aliphatic hydroxyl groups excluding tert-OH is 1. The van der Waals surface area contributed by atoms with E-state index in [0.717, 1.165) is 25.0 Å². The molecule has 0 unspecified atom stereocenters. The van der Waals surface area contributed by atoms with Gasteiger partial charge in [0.05, 0.1) is 0 Å². The molecule has 2 atom stereocenters. The van der Waals surface area contributed by atoms with Crippen LogP contribution >= 0.6 is 0 Å². The molecule has 2 heterocycles. The van der Waals surface area contributed by atoms with E-state index in [1.54, 1.807) is 6.07 Å². The fourth-order valence-corrected chi connectivity index (χ4v) is 2.68. The van der Waals surface area contributed by atoms with Crippen molar-refractivity contribution in [2.45, 2.75) is 39.2 Å². The Kier molecular flexibility index (Phi) is 4.53. The van der Waals surface area contributed by atoms with Crippen LogP contribution in [0.25, 0.3) is 0 Å². The highest BCUT2D eigenvalue weighted by molar-refractivity contribution is 5.92. The Morgan fingerprint density at radius 1 is 1.53 bits per heavy atom. The summed E-state index contributed by atoms with van der Waals surface area (Å²) in [5.41, 5.74) is 1.48. The van der Waals surface area contributed by atoms with Crippen LogP contribution < -0.4 is 0 Å². The normalized spacial score (nSPS) is 23.4. The molecule has 19 heavy (non-hydrogen) atoms. The van der Waals surface area contributed by atoms with Gasteiger partial charge in [0.1, 0.15) is 5.69 Å². The summed E-state index contributed by atoms with van der Waals surface area (Å²) in [6.45, 7) is 5.01. The second-order valence-electron chi connectivity index (χ2n) is 5.29. The summed E-state index contributed by atoms with van der Waals surface area (Å²) in [7, 11) is 0. The molecule has 0 bridgehead atoms. The van der Waals surface area contributed by atoms with Crippen molar-refractivity contribution < 1.29 is 9.90 Å². The molecule has 1 aliphatic rings. The van der Waals surface area contributed by atoms with E-state index in [4.69, 9.17) is 0 Å². The van der Waals surface area contributed by atoms with Crippen molar-refractivity contribution in [3.8, 4) is 0 Å². The van der Waals surface area contributed by atoms with Crippen LogP contribution in [0.2, 0.25) is 0 Å².